The molecule has 0 aliphatic rings. The predicted octanol–water partition coefficient (Wildman–Crippen LogP) is 1.77. The van der Waals surface area contributed by atoms with Crippen LogP contribution in [0.15, 0.2) is 91.0 Å². The minimum Gasteiger partial charge on any atom is -1.00 e. The molecule has 0 fully saturated rings. The molecular formula is C25H30BrO2P. The molecule has 3 aromatic rings. The normalized spacial score (nSPS) is 11.3. The summed E-state index contributed by atoms with van der Waals surface area (Å²) in [4.78, 5) is 0. The fraction of sp³-hybridized carbons (Fsp3) is 0.280. The van der Waals surface area contributed by atoms with Crippen molar-refractivity contribution in [3.63, 3.8) is 0 Å². The standard InChI is InChI=1S/C25H30O2P.BrH/c1-3-26-25(27-4-2)20-21-28(22-14-8-5-9-15-22,23-16-10-6-11-17-23)24-18-12-7-13-19-24;/h5-19,25H,3-4,20-21H2,1-2H3;1H/q+1;/p-1. The van der Waals surface area contributed by atoms with E-state index in [9.17, 15) is 0 Å². The van der Waals surface area contributed by atoms with Gasteiger partial charge in [0.05, 0.1) is 6.16 Å². The summed E-state index contributed by atoms with van der Waals surface area (Å²) in [7, 11) is -1.81. The fourth-order valence-electron chi connectivity index (χ4n) is 3.77. The highest BCUT2D eigenvalue weighted by molar-refractivity contribution is 7.95. The molecule has 4 heteroatoms. The van der Waals surface area contributed by atoms with E-state index in [2.05, 4.69) is 91.0 Å². The first-order valence-corrected chi connectivity index (χ1v) is 12.1. The summed E-state index contributed by atoms with van der Waals surface area (Å²) in [6, 6.07) is 32.9. The van der Waals surface area contributed by atoms with Crippen LogP contribution < -0.4 is 32.9 Å². The Hall–Kier alpha value is -1.51. The van der Waals surface area contributed by atoms with Crippen molar-refractivity contribution in [2.24, 2.45) is 0 Å². The minimum atomic E-state index is -1.81. The Labute approximate surface area is 186 Å². The lowest BCUT2D eigenvalue weighted by atomic mass is 10.3. The van der Waals surface area contributed by atoms with Gasteiger partial charge in [0.1, 0.15) is 23.2 Å². The molecule has 0 unspecified atom stereocenters. The van der Waals surface area contributed by atoms with Gasteiger partial charge in [-0.3, -0.25) is 0 Å². The topological polar surface area (TPSA) is 18.5 Å². The van der Waals surface area contributed by atoms with E-state index < -0.39 is 7.26 Å². The Morgan fingerprint density at radius 3 is 1.28 bits per heavy atom. The van der Waals surface area contributed by atoms with E-state index in [1.165, 1.54) is 15.9 Å². The molecule has 0 bridgehead atoms. The van der Waals surface area contributed by atoms with Gasteiger partial charge in [-0.05, 0) is 50.2 Å². The second kappa shape index (κ2) is 12.2. The summed E-state index contributed by atoms with van der Waals surface area (Å²) in [6.45, 7) is 5.39. The SMILES string of the molecule is CCOC(CC[P+](c1ccccc1)(c1ccccc1)c1ccccc1)OCC.[Br-]. The predicted molar refractivity (Wildman–Crippen MR) is 122 cm³/mol. The van der Waals surface area contributed by atoms with Crippen LogP contribution in [0.25, 0.3) is 0 Å². The molecule has 0 heterocycles. The third kappa shape index (κ3) is 5.77. The third-order valence-electron chi connectivity index (χ3n) is 5.00. The Bertz CT molecular complexity index is 709. The van der Waals surface area contributed by atoms with Crippen LogP contribution in [-0.4, -0.2) is 25.7 Å². The number of halogens is 1. The van der Waals surface area contributed by atoms with E-state index in [0.29, 0.717) is 13.2 Å². The van der Waals surface area contributed by atoms with Crippen LogP contribution in [-0.2, 0) is 9.47 Å². The number of ether oxygens (including phenoxy) is 2. The quantitative estimate of drug-likeness (QED) is 0.330. The van der Waals surface area contributed by atoms with E-state index in [4.69, 9.17) is 9.47 Å². The molecular weight excluding hydrogens is 443 g/mol. The van der Waals surface area contributed by atoms with Gasteiger partial charge in [0.25, 0.3) is 0 Å². The van der Waals surface area contributed by atoms with Gasteiger partial charge in [-0.1, -0.05) is 54.6 Å². The monoisotopic (exact) mass is 472 g/mol. The summed E-state index contributed by atoms with van der Waals surface area (Å²) in [6.07, 6.45) is 1.72. The number of benzene rings is 3. The Balaban J connectivity index is 0.00000300. The molecule has 0 N–H and O–H groups in total. The van der Waals surface area contributed by atoms with Crippen LogP contribution in [0, 0.1) is 0 Å². The average Bonchev–Trinajstić information content (AvgIpc) is 2.77. The Kier molecular flexibility index (Phi) is 10.0. The van der Waals surface area contributed by atoms with E-state index >= 15 is 0 Å². The average molecular weight is 473 g/mol. The maximum atomic E-state index is 5.88. The summed E-state index contributed by atoms with van der Waals surface area (Å²) >= 11 is 0. The zero-order valence-electron chi connectivity index (χ0n) is 17.2. The van der Waals surface area contributed by atoms with Gasteiger partial charge in [-0.15, -0.1) is 0 Å². The lowest BCUT2D eigenvalue weighted by molar-refractivity contribution is -0.136. The highest BCUT2D eigenvalue weighted by atomic mass is 79.9. The lowest BCUT2D eigenvalue weighted by Crippen LogP contribution is -3.00. The molecule has 2 nitrogen and oxygen atoms in total. The second-order valence-electron chi connectivity index (χ2n) is 6.67. The van der Waals surface area contributed by atoms with Crippen molar-refractivity contribution in [2.75, 3.05) is 19.4 Å². The van der Waals surface area contributed by atoms with Gasteiger partial charge in [0.2, 0.25) is 0 Å². The van der Waals surface area contributed by atoms with Crippen LogP contribution in [0.2, 0.25) is 0 Å². The molecule has 29 heavy (non-hydrogen) atoms. The van der Waals surface area contributed by atoms with Gasteiger partial charge in [0, 0.05) is 19.6 Å². The van der Waals surface area contributed by atoms with Crippen molar-refractivity contribution >= 4 is 23.2 Å². The van der Waals surface area contributed by atoms with Crippen molar-refractivity contribution < 1.29 is 26.5 Å². The lowest BCUT2D eigenvalue weighted by Gasteiger charge is -2.29. The molecule has 0 radical (unpaired) electrons. The summed E-state index contributed by atoms with van der Waals surface area (Å²) in [5.74, 6) is 0. The van der Waals surface area contributed by atoms with Crippen molar-refractivity contribution in [1.29, 1.82) is 0 Å². The largest absolute Gasteiger partial charge is 1.00 e. The molecule has 0 aliphatic heterocycles. The van der Waals surface area contributed by atoms with Crippen LogP contribution >= 0.6 is 7.26 Å². The van der Waals surface area contributed by atoms with Gasteiger partial charge >= 0.3 is 0 Å². The molecule has 0 saturated heterocycles. The summed E-state index contributed by atoms with van der Waals surface area (Å²) in [5, 5.41) is 4.21. The fourth-order valence-corrected chi connectivity index (χ4v) is 8.08. The minimum absolute atomic E-state index is 0. The molecule has 3 rings (SSSR count). The van der Waals surface area contributed by atoms with Gasteiger partial charge in [0.15, 0.2) is 6.29 Å². The molecule has 0 aromatic heterocycles. The summed E-state index contributed by atoms with van der Waals surface area (Å²) < 4.78 is 11.8. The first kappa shape index (κ1) is 23.8. The summed E-state index contributed by atoms with van der Waals surface area (Å²) in [5.41, 5.74) is 0. The van der Waals surface area contributed by atoms with E-state index in [1.54, 1.807) is 0 Å². The first-order valence-electron chi connectivity index (χ1n) is 10.1. The van der Waals surface area contributed by atoms with Crippen molar-refractivity contribution in [1.82, 2.24) is 0 Å². The van der Waals surface area contributed by atoms with Gasteiger partial charge in [-0.2, -0.15) is 0 Å². The maximum absolute atomic E-state index is 5.88. The van der Waals surface area contributed by atoms with E-state index in [-0.39, 0.29) is 23.3 Å². The van der Waals surface area contributed by atoms with Crippen LogP contribution in [0.3, 0.4) is 0 Å². The molecule has 0 amide bonds. The first-order chi connectivity index (χ1) is 13.8. The maximum Gasteiger partial charge on any atom is 0.161 e. The van der Waals surface area contributed by atoms with Crippen molar-refractivity contribution in [2.45, 2.75) is 26.6 Å². The van der Waals surface area contributed by atoms with Crippen LogP contribution in [0.4, 0.5) is 0 Å². The highest BCUT2D eigenvalue weighted by Crippen LogP contribution is 2.56. The van der Waals surface area contributed by atoms with E-state index in [0.717, 1.165) is 12.6 Å². The number of rotatable bonds is 10. The van der Waals surface area contributed by atoms with Crippen LogP contribution in [0.1, 0.15) is 20.3 Å². The Morgan fingerprint density at radius 2 is 0.966 bits per heavy atom. The van der Waals surface area contributed by atoms with E-state index in [1.807, 2.05) is 13.8 Å². The van der Waals surface area contributed by atoms with Gasteiger partial charge in [-0.25, -0.2) is 0 Å². The molecule has 154 valence electrons. The van der Waals surface area contributed by atoms with Crippen molar-refractivity contribution in [3.05, 3.63) is 91.0 Å². The smallest absolute Gasteiger partial charge is 0.161 e. The highest BCUT2D eigenvalue weighted by Gasteiger charge is 2.45. The molecule has 0 saturated carbocycles. The van der Waals surface area contributed by atoms with Gasteiger partial charge < -0.3 is 26.5 Å². The second-order valence-corrected chi connectivity index (χ2v) is 10.3. The molecule has 0 aliphatic carbocycles. The zero-order valence-corrected chi connectivity index (χ0v) is 19.7. The van der Waals surface area contributed by atoms with Crippen LogP contribution in [0.5, 0.6) is 0 Å². The number of hydrogen-bond acceptors (Lipinski definition) is 2. The molecule has 3 aromatic carbocycles. The number of hydrogen-bond donors (Lipinski definition) is 0. The molecule has 0 spiro atoms. The molecule has 0 atom stereocenters. The third-order valence-corrected chi connectivity index (χ3v) is 9.46. The Morgan fingerprint density at radius 1 is 0.621 bits per heavy atom. The zero-order chi connectivity index (χ0) is 19.7. The van der Waals surface area contributed by atoms with Crippen molar-refractivity contribution in [3.8, 4) is 0 Å².